The Morgan fingerprint density at radius 2 is 1.62 bits per heavy atom. The molecule has 8 nitrogen and oxygen atoms in total. The number of carbonyl (C=O) groups excluding carboxylic acids is 3. The largest absolute Gasteiger partial charge is 0.390 e. The van der Waals surface area contributed by atoms with Crippen LogP contribution in [-0.2, 0) is 29.0 Å². The molecule has 0 unspecified atom stereocenters. The minimum atomic E-state index is -1.13. The van der Waals surface area contributed by atoms with Crippen LogP contribution < -0.4 is 21.3 Å². The number of amides is 3. The van der Waals surface area contributed by atoms with Crippen LogP contribution in [0.15, 0.2) is 42.5 Å². The molecule has 0 saturated heterocycles. The van der Waals surface area contributed by atoms with Gasteiger partial charge >= 0.3 is 6.03 Å². The molecule has 0 bridgehead atoms. The fourth-order valence-corrected chi connectivity index (χ4v) is 4.32. The van der Waals surface area contributed by atoms with Crippen molar-refractivity contribution in [1.29, 1.82) is 0 Å². The normalized spacial score (nSPS) is 13.2. The third kappa shape index (κ3) is 11.8. The van der Waals surface area contributed by atoms with E-state index in [1.54, 1.807) is 0 Å². The van der Waals surface area contributed by atoms with Gasteiger partial charge in [0.2, 0.25) is 5.91 Å². The summed E-state index contributed by atoms with van der Waals surface area (Å²) in [6.07, 6.45) is 1.88. The molecule has 220 valence electrons. The third-order valence-electron chi connectivity index (χ3n) is 6.62. The summed E-state index contributed by atoms with van der Waals surface area (Å²) in [5.41, 5.74) is 2.46. The molecule has 40 heavy (non-hydrogen) atoms. The highest BCUT2D eigenvalue weighted by Gasteiger charge is 2.27. The van der Waals surface area contributed by atoms with E-state index < -0.39 is 41.8 Å². The Morgan fingerprint density at radius 3 is 2.27 bits per heavy atom. The topological polar surface area (TPSA) is 120 Å². The molecule has 0 aliphatic heterocycles. The second-order valence-electron chi connectivity index (χ2n) is 9.93. The fourth-order valence-electron chi connectivity index (χ4n) is 4.32. The predicted octanol–water partition coefficient (Wildman–Crippen LogP) is 3.54. The first-order chi connectivity index (χ1) is 19.1. The number of hydrogen-bond acceptors (Lipinski definition) is 5. The number of urea groups is 1. The highest BCUT2D eigenvalue weighted by Crippen LogP contribution is 2.13. The van der Waals surface area contributed by atoms with E-state index >= 15 is 0 Å². The number of Topliss-reactive ketones (excluding diaryl/α,β-unsaturated/α-hetero) is 1. The number of rotatable bonds is 17. The lowest BCUT2D eigenvalue weighted by Crippen LogP contribution is -2.55. The summed E-state index contributed by atoms with van der Waals surface area (Å²) in [5, 5.41) is 21.9. The number of aryl methyl sites for hydroxylation is 1. The Hall–Kier alpha value is -3.37. The van der Waals surface area contributed by atoms with E-state index in [-0.39, 0.29) is 37.2 Å². The first-order valence-corrected chi connectivity index (χ1v) is 13.9. The molecule has 0 aliphatic rings. The van der Waals surface area contributed by atoms with Crippen molar-refractivity contribution >= 4 is 17.7 Å². The molecule has 0 heterocycles. The van der Waals surface area contributed by atoms with Crippen molar-refractivity contribution in [3.63, 3.8) is 0 Å². The molecule has 2 aromatic rings. The number of aliphatic hydroxyl groups excluding tert-OH is 1. The van der Waals surface area contributed by atoms with Crippen LogP contribution in [0.5, 0.6) is 0 Å². The maximum absolute atomic E-state index is 13.9. The van der Waals surface area contributed by atoms with E-state index in [0.29, 0.717) is 13.0 Å². The van der Waals surface area contributed by atoms with Gasteiger partial charge < -0.3 is 26.4 Å². The van der Waals surface area contributed by atoms with Crippen molar-refractivity contribution in [3.8, 4) is 0 Å². The third-order valence-corrected chi connectivity index (χ3v) is 6.62. The summed E-state index contributed by atoms with van der Waals surface area (Å²) in [5.74, 6) is -2.16. The fraction of sp³-hybridized carbons (Fsp3) is 0.500. The molecule has 0 aliphatic carbocycles. The first kappa shape index (κ1) is 32.8. The number of hydrogen-bond donors (Lipinski definition) is 5. The average molecular weight is 561 g/mol. The minimum absolute atomic E-state index is 0.0125. The van der Waals surface area contributed by atoms with Crippen LogP contribution in [-0.4, -0.2) is 54.6 Å². The molecule has 3 amide bonds. The molecule has 3 atom stereocenters. The van der Waals surface area contributed by atoms with Crippen molar-refractivity contribution in [2.24, 2.45) is 0 Å². The molecule has 2 rings (SSSR count). The summed E-state index contributed by atoms with van der Waals surface area (Å²) >= 11 is 0. The summed E-state index contributed by atoms with van der Waals surface area (Å²) in [6.45, 7) is 4.60. The van der Waals surface area contributed by atoms with E-state index in [0.717, 1.165) is 43.0 Å². The van der Waals surface area contributed by atoms with Gasteiger partial charge in [0.05, 0.1) is 12.1 Å². The van der Waals surface area contributed by atoms with Gasteiger partial charge in [-0.1, -0.05) is 44.5 Å². The van der Waals surface area contributed by atoms with Crippen LogP contribution in [0.2, 0.25) is 0 Å². The molecule has 0 fully saturated rings. The van der Waals surface area contributed by atoms with Gasteiger partial charge in [0.25, 0.3) is 0 Å². The number of ketones is 1. The maximum Gasteiger partial charge on any atom is 0.315 e. The first-order valence-electron chi connectivity index (χ1n) is 13.9. The second kappa shape index (κ2) is 17.3. The molecule has 10 heteroatoms. The molecular formula is C30H42F2N4O4. The summed E-state index contributed by atoms with van der Waals surface area (Å²) in [7, 11) is 1.41. The van der Waals surface area contributed by atoms with Gasteiger partial charge in [-0.3, -0.25) is 9.59 Å². The Labute approximate surface area is 235 Å². The second-order valence-corrected chi connectivity index (χ2v) is 9.93. The van der Waals surface area contributed by atoms with Crippen molar-refractivity contribution in [1.82, 2.24) is 21.3 Å². The van der Waals surface area contributed by atoms with Gasteiger partial charge in [0.1, 0.15) is 23.5 Å². The highest BCUT2D eigenvalue weighted by atomic mass is 19.1. The van der Waals surface area contributed by atoms with E-state index in [2.05, 4.69) is 34.3 Å². The molecular weight excluding hydrogens is 518 g/mol. The van der Waals surface area contributed by atoms with E-state index in [1.807, 2.05) is 25.1 Å². The Balaban J connectivity index is 2.16. The van der Waals surface area contributed by atoms with Crippen molar-refractivity contribution in [2.45, 2.75) is 83.5 Å². The molecule has 0 spiro atoms. The van der Waals surface area contributed by atoms with Crippen LogP contribution in [0.3, 0.4) is 0 Å². The molecule has 2 aromatic carbocycles. The van der Waals surface area contributed by atoms with Crippen molar-refractivity contribution in [3.05, 3.63) is 70.8 Å². The standard InChI is InChI=1S/C30H42F2N4O4/c1-4-6-10-25(37)11-12-26(36-30(40)33-3)29(39)35-27(16-22-14-23(31)17-24(32)15-22)28(38)19-34-18-21-9-7-8-20(5-2)13-21/h7-9,13-15,17,26-28,34,38H,4-6,10-12,16,18-19H2,1-3H3,(H,35,39)(H2,33,36,40)/t26-,27+,28+/m1/s1. The lowest BCUT2D eigenvalue weighted by molar-refractivity contribution is -0.125. The van der Waals surface area contributed by atoms with Crippen molar-refractivity contribution in [2.75, 3.05) is 13.6 Å². The van der Waals surface area contributed by atoms with Gasteiger partial charge in [-0.15, -0.1) is 0 Å². The molecule has 5 N–H and O–H groups in total. The van der Waals surface area contributed by atoms with Crippen molar-refractivity contribution < 1.29 is 28.3 Å². The maximum atomic E-state index is 13.9. The average Bonchev–Trinajstić information content (AvgIpc) is 2.92. The van der Waals surface area contributed by atoms with Gasteiger partial charge in [-0.05, 0) is 54.5 Å². The predicted molar refractivity (Wildman–Crippen MR) is 151 cm³/mol. The van der Waals surface area contributed by atoms with Crippen LogP contribution in [0.25, 0.3) is 0 Å². The lowest BCUT2D eigenvalue weighted by Gasteiger charge is -2.27. The Bertz CT molecular complexity index is 1090. The molecule has 0 aromatic heterocycles. The Kier molecular flexibility index (Phi) is 14.2. The zero-order valence-corrected chi connectivity index (χ0v) is 23.6. The Morgan fingerprint density at radius 1 is 0.925 bits per heavy atom. The number of halogens is 2. The summed E-state index contributed by atoms with van der Waals surface area (Å²) in [6, 6.07) is 8.47. The zero-order chi connectivity index (χ0) is 29.5. The number of unbranched alkanes of at least 4 members (excludes halogenated alkanes) is 1. The van der Waals surface area contributed by atoms with Crippen LogP contribution in [0, 0.1) is 11.6 Å². The van der Waals surface area contributed by atoms with Crippen LogP contribution >= 0.6 is 0 Å². The zero-order valence-electron chi connectivity index (χ0n) is 23.6. The van der Waals surface area contributed by atoms with E-state index in [1.165, 1.54) is 12.6 Å². The number of nitrogens with one attached hydrogen (secondary N) is 4. The summed E-state index contributed by atoms with van der Waals surface area (Å²) in [4.78, 5) is 37.5. The van der Waals surface area contributed by atoms with Crippen LogP contribution in [0.4, 0.5) is 13.6 Å². The summed E-state index contributed by atoms with van der Waals surface area (Å²) < 4.78 is 27.8. The van der Waals surface area contributed by atoms with E-state index in [4.69, 9.17) is 0 Å². The van der Waals surface area contributed by atoms with Gasteiger partial charge in [0, 0.05) is 39.0 Å². The van der Waals surface area contributed by atoms with Gasteiger partial charge in [0.15, 0.2) is 0 Å². The van der Waals surface area contributed by atoms with Crippen LogP contribution in [0.1, 0.15) is 62.6 Å². The van der Waals surface area contributed by atoms with Gasteiger partial charge in [-0.2, -0.15) is 0 Å². The molecule has 0 radical (unpaired) electrons. The monoisotopic (exact) mass is 560 g/mol. The van der Waals surface area contributed by atoms with E-state index in [9.17, 15) is 28.3 Å². The quantitative estimate of drug-likeness (QED) is 0.203. The number of benzene rings is 2. The minimum Gasteiger partial charge on any atom is -0.390 e. The number of aliphatic hydroxyl groups is 1. The lowest BCUT2D eigenvalue weighted by atomic mass is 9.99. The van der Waals surface area contributed by atoms with Gasteiger partial charge in [-0.25, -0.2) is 13.6 Å². The SMILES string of the molecule is CCCCC(=O)CC[C@@H](NC(=O)NC)C(=O)N[C@@H](Cc1cc(F)cc(F)c1)[C@@H](O)CNCc1cccc(CC)c1. The number of carbonyl (C=O) groups is 3. The smallest absolute Gasteiger partial charge is 0.315 e. The highest BCUT2D eigenvalue weighted by molar-refractivity contribution is 5.88. The molecule has 0 saturated carbocycles.